The molecule has 2 heterocycles. The molecule has 0 spiro atoms. The van der Waals surface area contributed by atoms with Crippen molar-refractivity contribution in [2.45, 2.75) is 12.5 Å². The maximum Gasteiger partial charge on any atom is 0.203 e. The second-order valence-electron chi connectivity index (χ2n) is 6.01. The van der Waals surface area contributed by atoms with Gasteiger partial charge < -0.3 is 5.73 Å². The Morgan fingerprint density at radius 3 is 2.88 bits per heavy atom. The Kier molecular flexibility index (Phi) is 3.90. The smallest absolute Gasteiger partial charge is 0.203 e. The van der Waals surface area contributed by atoms with Crippen molar-refractivity contribution in [2.24, 2.45) is 10.7 Å². The van der Waals surface area contributed by atoms with Gasteiger partial charge in [0.2, 0.25) is 5.96 Å². The van der Waals surface area contributed by atoms with Crippen molar-refractivity contribution < 1.29 is 4.21 Å². The lowest BCUT2D eigenvalue weighted by Gasteiger charge is -2.36. The van der Waals surface area contributed by atoms with E-state index in [-0.39, 0.29) is 5.96 Å². The highest BCUT2D eigenvalue weighted by atomic mass is 32.2. The number of nitrogens with zero attached hydrogens (tertiary/aromatic N) is 3. The maximum absolute atomic E-state index is 12.7. The Labute approximate surface area is 146 Å². The molecule has 1 aliphatic heterocycles. The van der Waals surface area contributed by atoms with Crippen LogP contribution in [0, 0.1) is 11.3 Å². The molecule has 1 aliphatic rings. The normalized spacial score (nSPS) is 26.7. The number of guanidine groups is 1. The first kappa shape index (κ1) is 16.6. The average Bonchev–Trinajstić information content (AvgIpc) is 3.03. The lowest BCUT2D eigenvalue weighted by atomic mass is 10.0. The first-order chi connectivity index (χ1) is 11.2. The second kappa shape index (κ2) is 5.65. The molecule has 1 aromatic carbocycles. The Morgan fingerprint density at radius 1 is 1.46 bits per heavy atom. The zero-order valence-electron chi connectivity index (χ0n) is 13.5. The summed E-state index contributed by atoms with van der Waals surface area (Å²) in [4.78, 5) is 6.57. The Hall–Kier alpha value is -2.30. The molecule has 5 nitrogen and oxygen atoms in total. The van der Waals surface area contributed by atoms with Gasteiger partial charge in [0.15, 0.2) is 0 Å². The summed E-state index contributed by atoms with van der Waals surface area (Å²) in [5.74, 6) is 4.39. The number of nitriles is 1. The predicted octanol–water partition coefficient (Wildman–Crippen LogP) is 2.39. The van der Waals surface area contributed by atoms with Crippen LogP contribution in [0.5, 0.6) is 0 Å². The zero-order valence-corrected chi connectivity index (χ0v) is 15.2. The third kappa shape index (κ3) is 2.79. The minimum Gasteiger partial charge on any atom is -0.369 e. The number of aliphatic imine (C=N–C) groups is 1. The fourth-order valence-electron chi connectivity index (χ4n) is 2.71. The summed E-state index contributed by atoms with van der Waals surface area (Å²) >= 11 is 1.57. The summed E-state index contributed by atoms with van der Waals surface area (Å²) in [6.07, 6.45) is 0. The SMILES string of the molecule is C=S1(=O)C[C@@](C)(c2ccc(-c3cccc(C#N)c3)s2)N=C(N)N1C. The van der Waals surface area contributed by atoms with Gasteiger partial charge in [0.1, 0.15) is 5.54 Å². The van der Waals surface area contributed by atoms with Crippen LogP contribution in [0.25, 0.3) is 10.4 Å². The van der Waals surface area contributed by atoms with E-state index in [1.807, 2.05) is 37.3 Å². The van der Waals surface area contributed by atoms with E-state index in [1.54, 1.807) is 24.5 Å². The van der Waals surface area contributed by atoms with Crippen molar-refractivity contribution in [1.29, 1.82) is 5.26 Å². The van der Waals surface area contributed by atoms with Gasteiger partial charge in [-0.25, -0.2) is 9.20 Å². The molecular formula is C17H18N4OS2. The average molecular weight is 358 g/mol. The Bertz CT molecular complexity index is 968. The largest absolute Gasteiger partial charge is 0.369 e. The van der Waals surface area contributed by atoms with Crippen molar-refractivity contribution >= 4 is 32.9 Å². The number of nitrogens with two attached hydrogens (primary N) is 1. The van der Waals surface area contributed by atoms with E-state index < -0.39 is 15.2 Å². The Balaban J connectivity index is 2.03. The molecule has 2 atom stereocenters. The molecule has 7 heteroatoms. The van der Waals surface area contributed by atoms with Gasteiger partial charge in [-0.05, 0) is 42.6 Å². The summed E-state index contributed by atoms with van der Waals surface area (Å²) in [5.41, 5.74) is 6.89. The lowest BCUT2D eigenvalue weighted by Crippen LogP contribution is -2.50. The fourth-order valence-corrected chi connectivity index (χ4v) is 5.57. The van der Waals surface area contributed by atoms with Gasteiger partial charge in [-0.1, -0.05) is 12.1 Å². The topological polar surface area (TPSA) is 82.5 Å². The van der Waals surface area contributed by atoms with Crippen LogP contribution in [-0.2, 0) is 15.2 Å². The first-order valence-electron chi connectivity index (χ1n) is 7.30. The van der Waals surface area contributed by atoms with Crippen LogP contribution in [-0.4, -0.2) is 33.1 Å². The number of benzene rings is 1. The number of rotatable bonds is 2. The molecule has 1 unspecified atom stereocenters. The molecule has 2 aromatic rings. The molecule has 2 N–H and O–H groups in total. The van der Waals surface area contributed by atoms with Crippen LogP contribution in [0.2, 0.25) is 0 Å². The molecule has 124 valence electrons. The standard InChI is InChI=1S/C17H18N4OS2/c1-17(11-24(3,22)21(2)16(19)20-17)15-8-7-14(23-15)13-6-4-5-12(9-13)10-18/h4-9H,3,11H2,1-2H3,(H2,19,20)/t17-,24?/m0/s1. The van der Waals surface area contributed by atoms with E-state index in [0.717, 1.165) is 15.3 Å². The van der Waals surface area contributed by atoms with Crippen molar-refractivity contribution in [3.05, 3.63) is 46.8 Å². The maximum atomic E-state index is 12.7. The summed E-state index contributed by atoms with van der Waals surface area (Å²) in [5, 5.41) is 9.05. The molecule has 0 saturated carbocycles. The molecule has 24 heavy (non-hydrogen) atoms. The molecule has 1 aromatic heterocycles. The molecule has 0 fully saturated rings. The molecule has 0 amide bonds. The van der Waals surface area contributed by atoms with E-state index in [0.29, 0.717) is 11.3 Å². The van der Waals surface area contributed by atoms with Crippen LogP contribution in [0.1, 0.15) is 17.4 Å². The van der Waals surface area contributed by atoms with Gasteiger partial charge in [0.05, 0.1) is 27.1 Å². The monoisotopic (exact) mass is 358 g/mol. The molecule has 3 rings (SSSR count). The molecule has 0 radical (unpaired) electrons. The molecule has 0 saturated heterocycles. The number of hydrogen-bond donors (Lipinski definition) is 1. The van der Waals surface area contributed by atoms with Crippen molar-refractivity contribution in [3.8, 4) is 16.5 Å². The van der Waals surface area contributed by atoms with Crippen molar-refractivity contribution in [3.63, 3.8) is 0 Å². The van der Waals surface area contributed by atoms with Crippen LogP contribution in [0.15, 0.2) is 41.4 Å². The van der Waals surface area contributed by atoms with Crippen molar-refractivity contribution in [2.75, 3.05) is 12.8 Å². The molecule has 0 bridgehead atoms. The van der Waals surface area contributed by atoms with Crippen LogP contribution in [0.4, 0.5) is 0 Å². The second-order valence-corrected chi connectivity index (χ2v) is 9.48. The summed E-state index contributed by atoms with van der Waals surface area (Å²) < 4.78 is 14.2. The zero-order chi connectivity index (χ0) is 17.5. The quantitative estimate of drug-likeness (QED) is 0.837. The van der Waals surface area contributed by atoms with Crippen molar-refractivity contribution in [1.82, 2.24) is 4.31 Å². The summed E-state index contributed by atoms with van der Waals surface area (Å²) in [6.45, 7) is 1.93. The lowest BCUT2D eigenvalue weighted by molar-refractivity contribution is 0.522. The predicted molar refractivity (Wildman–Crippen MR) is 101 cm³/mol. The van der Waals surface area contributed by atoms with Gasteiger partial charge in [0, 0.05) is 16.8 Å². The Morgan fingerprint density at radius 2 is 2.21 bits per heavy atom. The van der Waals surface area contributed by atoms with E-state index >= 15 is 0 Å². The third-order valence-electron chi connectivity index (χ3n) is 4.10. The third-order valence-corrected chi connectivity index (χ3v) is 7.69. The van der Waals surface area contributed by atoms with Gasteiger partial charge in [-0.15, -0.1) is 11.3 Å². The van der Waals surface area contributed by atoms with Gasteiger partial charge in [-0.2, -0.15) is 5.26 Å². The minimum atomic E-state index is -2.49. The van der Waals surface area contributed by atoms with Gasteiger partial charge in [0.25, 0.3) is 0 Å². The molecule has 0 aliphatic carbocycles. The summed E-state index contributed by atoms with van der Waals surface area (Å²) in [6, 6.07) is 13.6. The van der Waals surface area contributed by atoms with Crippen LogP contribution >= 0.6 is 11.3 Å². The van der Waals surface area contributed by atoms with Crippen LogP contribution in [0.3, 0.4) is 0 Å². The highest BCUT2D eigenvalue weighted by Gasteiger charge is 2.37. The van der Waals surface area contributed by atoms with E-state index in [9.17, 15) is 4.21 Å². The first-order valence-corrected chi connectivity index (χ1v) is 9.97. The van der Waals surface area contributed by atoms with E-state index in [2.05, 4.69) is 16.9 Å². The van der Waals surface area contributed by atoms with Gasteiger partial charge in [-0.3, -0.25) is 4.31 Å². The van der Waals surface area contributed by atoms with E-state index in [1.165, 1.54) is 4.31 Å². The highest BCUT2D eigenvalue weighted by molar-refractivity contribution is 7.98. The molecular weight excluding hydrogens is 340 g/mol. The highest BCUT2D eigenvalue weighted by Crippen LogP contribution is 2.39. The van der Waals surface area contributed by atoms with Gasteiger partial charge >= 0.3 is 0 Å². The van der Waals surface area contributed by atoms with E-state index in [4.69, 9.17) is 11.0 Å². The van der Waals surface area contributed by atoms with Crippen LogP contribution < -0.4 is 5.73 Å². The minimum absolute atomic E-state index is 0.241. The number of thiophene rings is 1. The summed E-state index contributed by atoms with van der Waals surface area (Å²) in [7, 11) is -0.838. The fraction of sp³-hybridized carbons (Fsp3) is 0.235. The number of hydrogen-bond acceptors (Lipinski definition) is 5.